The Morgan fingerprint density at radius 2 is 1.92 bits per heavy atom. The molecule has 0 aliphatic carbocycles. The fourth-order valence-electron chi connectivity index (χ4n) is 3.53. The van der Waals surface area contributed by atoms with Gasteiger partial charge in [0.25, 0.3) is 0 Å². The summed E-state index contributed by atoms with van der Waals surface area (Å²) < 4.78 is 0. The highest BCUT2D eigenvalue weighted by Gasteiger charge is 2.27. The fraction of sp³-hybridized carbons (Fsp3) is 0.500. The molecule has 0 spiro atoms. The lowest BCUT2D eigenvalue weighted by atomic mass is 10.0. The summed E-state index contributed by atoms with van der Waals surface area (Å²) in [5, 5.41) is 9.49. The van der Waals surface area contributed by atoms with Crippen LogP contribution in [0.4, 0.5) is 0 Å². The highest BCUT2D eigenvalue weighted by atomic mass is 32.1. The molecule has 2 aromatic rings. The predicted molar refractivity (Wildman–Crippen MR) is 101 cm³/mol. The number of aryl methyl sites for hydroxylation is 2. The lowest BCUT2D eigenvalue weighted by Crippen LogP contribution is -2.52. The monoisotopic (exact) mass is 344 g/mol. The van der Waals surface area contributed by atoms with Crippen LogP contribution in [-0.4, -0.2) is 47.2 Å². The minimum atomic E-state index is 0.265. The third-order valence-electron chi connectivity index (χ3n) is 4.96. The van der Waals surface area contributed by atoms with E-state index in [1.165, 1.54) is 20.9 Å². The van der Waals surface area contributed by atoms with Gasteiger partial charge in [0.1, 0.15) is 0 Å². The van der Waals surface area contributed by atoms with E-state index in [1.54, 1.807) is 0 Å². The van der Waals surface area contributed by atoms with Crippen molar-refractivity contribution in [2.45, 2.75) is 39.4 Å². The summed E-state index contributed by atoms with van der Waals surface area (Å²) in [5.74, 6) is 0. The van der Waals surface area contributed by atoms with Crippen LogP contribution >= 0.6 is 11.3 Å². The van der Waals surface area contributed by atoms with Crippen LogP contribution in [0.3, 0.4) is 0 Å². The Bertz CT molecular complexity index is 655. The van der Waals surface area contributed by atoms with Crippen LogP contribution in [0, 0.1) is 13.8 Å². The van der Waals surface area contributed by atoms with Crippen molar-refractivity contribution in [1.29, 1.82) is 0 Å². The quantitative estimate of drug-likeness (QED) is 0.870. The van der Waals surface area contributed by atoms with E-state index < -0.39 is 0 Å². The number of hydrogen-bond donors (Lipinski definition) is 1. The number of aliphatic hydroxyl groups excluding tert-OH is 1. The zero-order valence-corrected chi connectivity index (χ0v) is 15.6. The minimum Gasteiger partial charge on any atom is -0.396 e. The molecule has 1 saturated heterocycles. The Morgan fingerprint density at radius 3 is 2.62 bits per heavy atom. The molecule has 1 aliphatic rings. The van der Waals surface area contributed by atoms with Gasteiger partial charge in [-0.15, -0.1) is 11.3 Å². The number of benzene rings is 1. The van der Waals surface area contributed by atoms with Crippen molar-refractivity contribution in [3.05, 3.63) is 57.3 Å². The second kappa shape index (κ2) is 8.26. The summed E-state index contributed by atoms with van der Waals surface area (Å²) in [5.41, 5.74) is 2.76. The van der Waals surface area contributed by atoms with E-state index in [1.807, 2.05) is 11.3 Å². The molecule has 4 heteroatoms. The van der Waals surface area contributed by atoms with Crippen LogP contribution in [0.1, 0.15) is 27.3 Å². The van der Waals surface area contributed by atoms with Crippen LogP contribution in [0.25, 0.3) is 0 Å². The number of aliphatic hydroxyl groups is 1. The van der Waals surface area contributed by atoms with Crippen molar-refractivity contribution in [2.24, 2.45) is 0 Å². The molecule has 24 heavy (non-hydrogen) atoms. The lowest BCUT2D eigenvalue weighted by molar-refractivity contribution is 0.0503. The molecule has 0 saturated carbocycles. The first-order valence-electron chi connectivity index (χ1n) is 8.83. The van der Waals surface area contributed by atoms with E-state index in [0.717, 1.165) is 39.1 Å². The van der Waals surface area contributed by atoms with Crippen molar-refractivity contribution in [3.63, 3.8) is 0 Å². The molecule has 130 valence electrons. The summed E-state index contributed by atoms with van der Waals surface area (Å²) in [4.78, 5) is 7.92. The number of rotatable bonds is 6. The van der Waals surface area contributed by atoms with E-state index >= 15 is 0 Å². The van der Waals surface area contributed by atoms with Crippen molar-refractivity contribution < 1.29 is 5.11 Å². The van der Waals surface area contributed by atoms with Gasteiger partial charge in [-0.25, -0.2) is 0 Å². The standard InChI is InChI=1S/C20H28N2OS/c1-16-5-3-4-6-18(16)13-22-11-10-21(14-19(22)9-12-23)15-20-8-7-17(2)24-20/h3-8,19,23H,9-15H2,1-2H3/t19-/m0/s1. The SMILES string of the molecule is Cc1ccc(CN2CCN(Cc3ccccc3C)[C@@H](CCO)C2)s1. The number of piperazine rings is 1. The molecule has 0 radical (unpaired) electrons. The van der Waals surface area contributed by atoms with E-state index in [9.17, 15) is 5.11 Å². The van der Waals surface area contributed by atoms with Gasteiger partial charge in [0.05, 0.1) is 0 Å². The molecule has 1 fully saturated rings. The summed E-state index contributed by atoms with van der Waals surface area (Å²) in [7, 11) is 0. The van der Waals surface area contributed by atoms with Gasteiger partial charge in [0.2, 0.25) is 0 Å². The topological polar surface area (TPSA) is 26.7 Å². The van der Waals surface area contributed by atoms with Gasteiger partial charge in [-0.2, -0.15) is 0 Å². The Kier molecular flexibility index (Phi) is 6.06. The largest absolute Gasteiger partial charge is 0.396 e. The predicted octanol–water partition coefficient (Wildman–Crippen LogP) is 3.43. The highest BCUT2D eigenvalue weighted by molar-refractivity contribution is 7.11. The van der Waals surface area contributed by atoms with Gasteiger partial charge >= 0.3 is 0 Å². The van der Waals surface area contributed by atoms with Crippen molar-refractivity contribution in [3.8, 4) is 0 Å². The first-order chi connectivity index (χ1) is 11.7. The molecule has 0 bridgehead atoms. The van der Waals surface area contributed by atoms with Crippen LogP contribution in [0.15, 0.2) is 36.4 Å². The third kappa shape index (κ3) is 4.45. The van der Waals surface area contributed by atoms with E-state index in [4.69, 9.17) is 0 Å². The first kappa shape index (κ1) is 17.6. The summed E-state index contributed by atoms with van der Waals surface area (Å²) >= 11 is 1.90. The zero-order chi connectivity index (χ0) is 16.9. The summed E-state index contributed by atoms with van der Waals surface area (Å²) in [6.07, 6.45) is 0.853. The smallest absolute Gasteiger partial charge is 0.0446 e. The van der Waals surface area contributed by atoms with Crippen LogP contribution < -0.4 is 0 Å². The maximum Gasteiger partial charge on any atom is 0.0446 e. The molecular weight excluding hydrogens is 316 g/mol. The maximum absolute atomic E-state index is 9.49. The molecule has 1 atom stereocenters. The van der Waals surface area contributed by atoms with Gasteiger partial charge < -0.3 is 5.11 Å². The van der Waals surface area contributed by atoms with Gasteiger partial charge in [0.15, 0.2) is 0 Å². The number of nitrogens with zero attached hydrogens (tertiary/aromatic N) is 2. The molecule has 1 aromatic heterocycles. The molecular formula is C20H28N2OS. The minimum absolute atomic E-state index is 0.265. The normalized spacial score (nSPS) is 19.7. The van der Waals surface area contributed by atoms with Crippen LogP contribution in [-0.2, 0) is 13.1 Å². The molecule has 1 aromatic carbocycles. The maximum atomic E-state index is 9.49. The van der Waals surface area contributed by atoms with Gasteiger partial charge in [-0.05, 0) is 43.5 Å². The molecule has 0 amide bonds. The van der Waals surface area contributed by atoms with E-state index in [2.05, 4.69) is 60.0 Å². The first-order valence-corrected chi connectivity index (χ1v) is 9.64. The van der Waals surface area contributed by atoms with Crippen LogP contribution in [0.5, 0.6) is 0 Å². The molecule has 1 N–H and O–H groups in total. The van der Waals surface area contributed by atoms with Gasteiger partial charge in [0, 0.05) is 55.1 Å². The Balaban J connectivity index is 1.63. The van der Waals surface area contributed by atoms with E-state index in [0.29, 0.717) is 6.04 Å². The van der Waals surface area contributed by atoms with Gasteiger partial charge in [-0.3, -0.25) is 9.80 Å². The average molecular weight is 345 g/mol. The summed E-state index contributed by atoms with van der Waals surface area (Å²) in [6, 6.07) is 13.5. The molecule has 0 unspecified atom stereocenters. The van der Waals surface area contributed by atoms with Gasteiger partial charge in [-0.1, -0.05) is 24.3 Å². The van der Waals surface area contributed by atoms with Crippen molar-refractivity contribution in [1.82, 2.24) is 9.80 Å². The lowest BCUT2D eigenvalue weighted by Gasteiger charge is -2.41. The Hall–Kier alpha value is -1.20. The second-order valence-corrected chi connectivity index (χ2v) is 8.18. The molecule has 1 aliphatic heterocycles. The molecule has 3 nitrogen and oxygen atoms in total. The Labute approximate surface area is 149 Å². The average Bonchev–Trinajstić information content (AvgIpc) is 2.97. The zero-order valence-electron chi connectivity index (χ0n) is 14.7. The van der Waals surface area contributed by atoms with Crippen molar-refractivity contribution in [2.75, 3.05) is 26.2 Å². The number of hydrogen-bond acceptors (Lipinski definition) is 4. The summed E-state index contributed by atoms with van der Waals surface area (Å²) in [6.45, 7) is 9.87. The van der Waals surface area contributed by atoms with E-state index in [-0.39, 0.29) is 6.61 Å². The highest BCUT2D eigenvalue weighted by Crippen LogP contribution is 2.22. The van der Waals surface area contributed by atoms with Crippen LogP contribution in [0.2, 0.25) is 0 Å². The molecule has 2 heterocycles. The third-order valence-corrected chi connectivity index (χ3v) is 5.95. The fourth-order valence-corrected chi connectivity index (χ4v) is 4.46. The number of thiophene rings is 1. The second-order valence-electron chi connectivity index (χ2n) is 6.81. The molecule has 3 rings (SSSR count). The van der Waals surface area contributed by atoms with Crippen molar-refractivity contribution >= 4 is 11.3 Å². The Morgan fingerprint density at radius 1 is 1.08 bits per heavy atom.